The van der Waals surface area contributed by atoms with Gasteiger partial charge in [0.2, 0.25) is 0 Å². The topological polar surface area (TPSA) is 0 Å². The van der Waals surface area contributed by atoms with E-state index in [1.807, 2.05) is 0 Å². The number of hydrogen-bond donors (Lipinski definition) is 0. The molecule has 0 amide bonds. The number of rotatable bonds is 17. The summed E-state index contributed by atoms with van der Waals surface area (Å²) in [6, 6.07) is 0. The largest absolute Gasteiger partial charge is 0.0885 e. The number of hydrogen-bond acceptors (Lipinski definition) is 0. The molecule has 0 heteroatoms. The van der Waals surface area contributed by atoms with Gasteiger partial charge >= 0.3 is 0 Å². The Labute approximate surface area is 152 Å². The lowest BCUT2D eigenvalue weighted by Crippen LogP contribution is -1.78. The second kappa shape index (κ2) is 22.0. The minimum absolute atomic E-state index is 1.22. The van der Waals surface area contributed by atoms with Crippen molar-refractivity contribution in [2.24, 2.45) is 0 Å². The van der Waals surface area contributed by atoms with Gasteiger partial charge in [-0.25, -0.2) is 0 Å². The van der Waals surface area contributed by atoms with Crippen LogP contribution in [0, 0.1) is 0 Å². The van der Waals surface area contributed by atoms with Gasteiger partial charge in [-0.05, 0) is 44.9 Å². The van der Waals surface area contributed by atoms with E-state index in [1.54, 1.807) is 0 Å². The van der Waals surface area contributed by atoms with E-state index in [9.17, 15) is 0 Å². The van der Waals surface area contributed by atoms with E-state index < -0.39 is 0 Å². The average Bonchev–Trinajstić information content (AvgIpc) is 2.60. The van der Waals surface area contributed by atoms with Crippen molar-refractivity contribution in [1.29, 1.82) is 0 Å². The maximum absolute atomic E-state index is 2.36. The first-order valence-electron chi connectivity index (χ1n) is 10.5. The van der Waals surface area contributed by atoms with Gasteiger partial charge in [-0.2, -0.15) is 0 Å². The van der Waals surface area contributed by atoms with Crippen LogP contribution in [-0.4, -0.2) is 0 Å². The molecule has 0 bridgehead atoms. The van der Waals surface area contributed by atoms with Gasteiger partial charge in [0.1, 0.15) is 0 Å². The summed E-state index contributed by atoms with van der Waals surface area (Å²) in [7, 11) is 0. The summed E-state index contributed by atoms with van der Waals surface area (Å²) in [6.07, 6.45) is 36.5. The second-order valence-electron chi connectivity index (χ2n) is 6.70. The fraction of sp³-hybridized carbons (Fsp3) is 0.667. The van der Waals surface area contributed by atoms with Crippen LogP contribution >= 0.6 is 0 Å². The summed E-state index contributed by atoms with van der Waals surface area (Å²) in [5, 5.41) is 0. The van der Waals surface area contributed by atoms with E-state index >= 15 is 0 Å². The molecule has 0 aromatic rings. The minimum atomic E-state index is 1.22. The first-order valence-corrected chi connectivity index (χ1v) is 10.5. The van der Waals surface area contributed by atoms with Gasteiger partial charge in [-0.3, -0.25) is 0 Å². The molecule has 0 aromatic carbocycles. The zero-order valence-corrected chi connectivity index (χ0v) is 16.5. The molecule has 0 aliphatic carbocycles. The molecule has 0 saturated carbocycles. The molecule has 0 spiro atoms. The Hall–Kier alpha value is -1.04. The zero-order chi connectivity index (χ0) is 17.6. The van der Waals surface area contributed by atoms with Crippen molar-refractivity contribution < 1.29 is 0 Å². The smallest absolute Gasteiger partial charge is 0.0348 e. The Morgan fingerprint density at radius 3 is 1.38 bits per heavy atom. The van der Waals surface area contributed by atoms with E-state index in [4.69, 9.17) is 0 Å². The highest BCUT2D eigenvalue weighted by molar-refractivity contribution is 5.10. The molecule has 0 aliphatic heterocycles. The minimum Gasteiger partial charge on any atom is -0.0885 e. The predicted octanol–water partition coefficient (Wildman–Crippen LogP) is 8.71. The fourth-order valence-electron chi connectivity index (χ4n) is 2.62. The lowest BCUT2D eigenvalue weighted by Gasteiger charge is -1.98. The third-order valence-electron chi connectivity index (χ3n) is 4.19. The molecule has 138 valence electrons. The first kappa shape index (κ1) is 23.0. The molecule has 0 fully saturated rings. The van der Waals surface area contributed by atoms with Crippen molar-refractivity contribution in [3.05, 3.63) is 48.6 Å². The molecule has 0 radical (unpaired) electrons. The van der Waals surface area contributed by atoms with Crippen LogP contribution < -0.4 is 0 Å². The molecule has 0 N–H and O–H groups in total. The van der Waals surface area contributed by atoms with Crippen molar-refractivity contribution in [3.8, 4) is 0 Å². The van der Waals surface area contributed by atoms with Crippen molar-refractivity contribution >= 4 is 0 Å². The van der Waals surface area contributed by atoms with Crippen LogP contribution in [0.25, 0.3) is 0 Å². The van der Waals surface area contributed by atoms with E-state index in [0.29, 0.717) is 0 Å². The van der Waals surface area contributed by atoms with Crippen LogP contribution in [0.5, 0.6) is 0 Å². The summed E-state index contributed by atoms with van der Waals surface area (Å²) in [5.41, 5.74) is 0. The molecule has 0 nitrogen and oxygen atoms in total. The Morgan fingerprint density at radius 2 is 0.833 bits per heavy atom. The molecular weight excluding hydrogens is 288 g/mol. The van der Waals surface area contributed by atoms with Crippen molar-refractivity contribution in [2.75, 3.05) is 0 Å². The Balaban J connectivity index is 3.28. The Bertz CT molecular complexity index is 330. The monoisotopic (exact) mass is 330 g/mol. The molecule has 0 unspecified atom stereocenters. The highest BCUT2D eigenvalue weighted by Crippen LogP contribution is 2.08. The predicted molar refractivity (Wildman–Crippen MR) is 113 cm³/mol. The third-order valence-corrected chi connectivity index (χ3v) is 4.19. The SMILES string of the molecule is CCCC=CCCCCCCCC=CC=CC=CCCCCCC. The lowest BCUT2D eigenvalue weighted by atomic mass is 10.1. The Kier molecular flexibility index (Phi) is 21.0. The summed E-state index contributed by atoms with van der Waals surface area (Å²) in [6.45, 7) is 4.50. The maximum Gasteiger partial charge on any atom is -0.0348 e. The van der Waals surface area contributed by atoms with Crippen molar-refractivity contribution in [3.63, 3.8) is 0 Å². The summed E-state index contributed by atoms with van der Waals surface area (Å²) in [4.78, 5) is 0. The van der Waals surface area contributed by atoms with Gasteiger partial charge in [-0.1, -0.05) is 107 Å². The van der Waals surface area contributed by atoms with Crippen LogP contribution in [0.15, 0.2) is 48.6 Å². The van der Waals surface area contributed by atoms with E-state index in [0.717, 1.165) is 0 Å². The normalized spacial score (nSPS) is 12.6. The van der Waals surface area contributed by atoms with Crippen molar-refractivity contribution in [1.82, 2.24) is 0 Å². The van der Waals surface area contributed by atoms with Crippen LogP contribution in [0.3, 0.4) is 0 Å². The molecule has 0 aliphatic rings. The van der Waals surface area contributed by atoms with Crippen LogP contribution in [0.4, 0.5) is 0 Å². The number of allylic oxidation sites excluding steroid dienone is 8. The van der Waals surface area contributed by atoms with E-state index in [2.05, 4.69) is 62.5 Å². The standard InChI is InChI=1S/C24H42/c1-3-5-7-9-11-13-15-17-19-21-23-24-22-20-18-16-14-12-10-8-6-4-2/h7,9,14,16,18,20,22,24H,3-6,8,10-13,15,17,19,21,23H2,1-2H3. The third kappa shape index (κ3) is 21.0. The molecule has 0 heterocycles. The van der Waals surface area contributed by atoms with Gasteiger partial charge in [0, 0.05) is 0 Å². The second-order valence-corrected chi connectivity index (χ2v) is 6.70. The molecule has 0 atom stereocenters. The van der Waals surface area contributed by atoms with E-state index in [-0.39, 0.29) is 0 Å². The van der Waals surface area contributed by atoms with Crippen molar-refractivity contribution in [2.45, 2.75) is 104 Å². The highest BCUT2D eigenvalue weighted by Gasteiger charge is 1.88. The van der Waals surface area contributed by atoms with Crippen LogP contribution in [0.2, 0.25) is 0 Å². The van der Waals surface area contributed by atoms with Gasteiger partial charge < -0.3 is 0 Å². The fourth-order valence-corrected chi connectivity index (χ4v) is 2.62. The highest BCUT2D eigenvalue weighted by atomic mass is 13.9. The summed E-state index contributed by atoms with van der Waals surface area (Å²) < 4.78 is 0. The number of unbranched alkanes of at least 4 members (excludes halogenated alkanes) is 11. The van der Waals surface area contributed by atoms with Gasteiger partial charge in [0.05, 0.1) is 0 Å². The molecule has 0 rings (SSSR count). The first-order chi connectivity index (χ1) is 11.9. The molecule has 0 aromatic heterocycles. The summed E-state index contributed by atoms with van der Waals surface area (Å²) >= 11 is 0. The molecule has 24 heavy (non-hydrogen) atoms. The summed E-state index contributed by atoms with van der Waals surface area (Å²) in [5.74, 6) is 0. The lowest BCUT2D eigenvalue weighted by molar-refractivity contribution is 0.621. The van der Waals surface area contributed by atoms with Gasteiger partial charge in [0.15, 0.2) is 0 Å². The van der Waals surface area contributed by atoms with Crippen LogP contribution in [0.1, 0.15) is 104 Å². The van der Waals surface area contributed by atoms with Gasteiger partial charge in [0.25, 0.3) is 0 Å². The quantitative estimate of drug-likeness (QED) is 0.142. The average molecular weight is 331 g/mol. The Morgan fingerprint density at radius 1 is 0.375 bits per heavy atom. The maximum atomic E-state index is 2.36. The van der Waals surface area contributed by atoms with Crippen LogP contribution in [-0.2, 0) is 0 Å². The van der Waals surface area contributed by atoms with E-state index in [1.165, 1.54) is 89.9 Å². The zero-order valence-electron chi connectivity index (χ0n) is 16.5. The molecule has 0 saturated heterocycles. The molecular formula is C24H42. The van der Waals surface area contributed by atoms with Gasteiger partial charge in [-0.15, -0.1) is 0 Å².